The number of aromatic nitrogens is 3. The van der Waals surface area contributed by atoms with E-state index in [1.165, 1.54) is 0 Å². The molecular formula is C9H12N4OS. The van der Waals surface area contributed by atoms with Gasteiger partial charge in [0, 0.05) is 24.9 Å². The fraction of sp³-hybridized carbons (Fsp3) is 0.333. The molecule has 0 amide bonds. The molecule has 15 heavy (non-hydrogen) atoms. The minimum Gasteiger partial charge on any atom is -0.383 e. The van der Waals surface area contributed by atoms with Crippen molar-refractivity contribution in [1.82, 2.24) is 14.8 Å². The van der Waals surface area contributed by atoms with Crippen LogP contribution in [0.1, 0.15) is 0 Å². The number of thiazole rings is 1. The van der Waals surface area contributed by atoms with Crippen LogP contribution in [0, 0.1) is 0 Å². The average molecular weight is 224 g/mol. The van der Waals surface area contributed by atoms with Crippen LogP contribution in [0.2, 0.25) is 0 Å². The monoisotopic (exact) mass is 224 g/mol. The molecule has 0 atom stereocenters. The first-order valence-corrected chi connectivity index (χ1v) is 5.44. The van der Waals surface area contributed by atoms with Gasteiger partial charge in [-0.2, -0.15) is 5.10 Å². The zero-order valence-electron chi connectivity index (χ0n) is 8.38. The lowest BCUT2D eigenvalue weighted by atomic mass is 10.6. The summed E-state index contributed by atoms with van der Waals surface area (Å²) in [5, 5.41) is 10.2. The van der Waals surface area contributed by atoms with Crippen LogP contribution < -0.4 is 5.32 Å². The molecule has 0 spiro atoms. The third-order valence-corrected chi connectivity index (χ3v) is 2.53. The van der Waals surface area contributed by atoms with Crippen LogP contribution in [0.3, 0.4) is 0 Å². The topological polar surface area (TPSA) is 52.0 Å². The minimum absolute atomic E-state index is 0.665. The SMILES string of the molecule is COCCn1cc(Nc2nccs2)cn1. The van der Waals surface area contributed by atoms with Gasteiger partial charge in [-0.3, -0.25) is 4.68 Å². The first kappa shape index (κ1) is 10.1. The van der Waals surface area contributed by atoms with Gasteiger partial charge in [0.05, 0.1) is 25.0 Å². The summed E-state index contributed by atoms with van der Waals surface area (Å²) in [6, 6.07) is 0. The van der Waals surface area contributed by atoms with Crippen molar-refractivity contribution >= 4 is 22.2 Å². The quantitative estimate of drug-likeness (QED) is 0.840. The van der Waals surface area contributed by atoms with Gasteiger partial charge in [0.1, 0.15) is 0 Å². The van der Waals surface area contributed by atoms with E-state index in [-0.39, 0.29) is 0 Å². The van der Waals surface area contributed by atoms with Gasteiger partial charge in [0.15, 0.2) is 5.13 Å². The molecule has 0 unspecified atom stereocenters. The molecule has 2 aromatic heterocycles. The average Bonchev–Trinajstić information content (AvgIpc) is 2.87. The molecule has 80 valence electrons. The molecule has 0 fully saturated rings. The van der Waals surface area contributed by atoms with Crippen molar-refractivity contribution in [2.45, 2.75) is 6.54 Å². The van der Waals surface area contributed by atoms with Crippen LogP contribution in [0.25, 0.3) is 0 Å². The van der Waals surface area contributed by atoms with E-state index < -0.39 is 0 Å². The molecule has 0 saturated heterocycles. The van der Waals surface area contributed by atoms with Crippen LogP contribution in [-0.2, 0) is 11.3 Å². The summed E-state index contributed by atoms with van der Waals surface area (Å²) in [6.07, 6.45) is 5.47. The van der Waals surface area contributed by atoms with Crippen LogP contribution in [0.4, 0.5) is 10.8 Å². The van der Waals surface area contributed by atoms with Gasteiger partial charge in [-0.15, -0.1) is 11.3 Å². The highest BCUT2D eigenvalue weighted by Crippen LogP contribution is 2.17. The lowest BCUT2D eigenvalue weighted by molar-refractivity contribution is 0.183. The Kier molecular flexibility index (Phi) is 3.31. The number of hydrogen-bond acceptors (Lipinski definition) is 5. The van der Waals surface area contributed by atoms with Crippen molar-refractivity contribution in [3.63, 3.8) is 0 Å². The molecule has 0 saturated carbocycles. The summed E-state index contributed by atoms with van der Waals surface area (Å²) in [7, 11) is 1.68. The van der Waals surface area contributed by atoms with Gasteiger partial charge in [0.25, 0.3) is 0 Å². The van der Waals surface area contributed by atoms with Crippen molar-refractivity contribution in [2.24, 2.45) is 0 Å². The number of nitrogens with zero attached hydrogens (tertiary/aromatic N) is 3. The van der Waals surface area contributed by atoms with Crippen molar-refractivity contribution in [2.75, 3.05) is 19.0 Å². The predicted molar refractivity (Wildman–Crippen MR) is 59.5 cm³/mol. The number of methoxy groups -OCH3 is 1. The highest BCUT2D eigenvalue weighted by molar-refractivity contribution is 7.13. The Hall–Kier alpha value is -1.40. The van der Waals surface area contributed by atoms with Crippen LogP contribution >= 0.6 is 11.3 Å². The molecule has 2 heterocycles. The van der Waals surface area contributed by atoms with Crippen LogP contribution in [0.15, 0.2) is 24.0 Å². The highest BCUT2D eigenvalue weighted by atomic mass is 32.1. The van der Waals surface area contributed by atoms with Gasteiger partial charge >= 0.3 is 0 Å². The summed E-state index contributed by atoms with van der Waals surface area (Å²) < 4.78 is 6.80. The second kappa shape index (κ2) is 4.90. The van der Waals surface area contributed by atoms with E-state index in [2.05, 4.69) is 15.4 Å². The molecule has 0 radical (unpaired) electrons. The normalized spacial score (nSPS) is 10.5. The summed E-state index contributed by atoms with van der Waals surface area (Å²) in [4.78, 5) is 4.13. The molecule has 0 aromatic carbocycles. The standard InChI is InChI=1S/C9H12N4OS/c1-14-4-3-13-7-8(6-11-13)12-9-10-2-5-15-9/h2,5-7H,3-4H2,1H3,(H,10,12). The van der Waals surface area contributed by atoms with E-state index in [9.17, 15) is 0 Å². The summed E-state index contributed by atoms with van der Waals surface area (Å²) in [6.45, 7) is 1.43. The van der Waals surface area contributed by atoms with Gasteiger partial charge < -0.3 is 10.1 Å². The molecule has 0 aliphatic heterocycles. The largest absolute Gasteiger partial charge is 0.383 e. The maximum Gasteiger partial charge on any atom is 0.187 e. The molecule has 1 N–H and O–H groups in total. The summed E-state index contributed by atoms with van der Waals surface area (Å²) in [5.41, 5.74) is 0.945. The molecule has 5 nitrogen and oxygen atoms in total. The molecule has 2 aromatic rings. The first-order chi connectivity index (χ1) is 7.38. The Balaban J connectivity index is 1.95. The lowest BCUT2D eigenvalue weighted by Crippen LogP contribution is -2.03. The van der Waals surface area contributed by atoms with E-state index in [1.807, 2.05) is 16.3 Å². The fourth-order valence-electron chi connectivity index (χ4n) is 1.14. The van der Waals surface area contributed by atoms with Crippen molar-refractivity contribution in [3.8, 4) is 0 Å². The number of ether oxygens (including phenoxy) is 1. The Morgan fingerprint density at radius 3 is 3.27 bits per heavy atom. The highest BCUT2D eigenvalue weighted by Gasteiger charge is 2.00. The summed E-state index contributed by atoms with van der Waals surface area (Å²) >= 11 is 1.56. The predicted octanol–water partition coefficient (Wildman–Crippen LogP) is 1.73. The Labute approximate surface area is 91.7 Å². The van der Waals surface area contributed by atoms with E-state index in [4.69, 9.17) is 4.74 Å². The summed E-state index contributed by atoms with van der Waals surface area (Å²) in [5.74, 6) is 0. The lowest BCUT2D eigenvalue weighted by Gasteiger charge is -1.99. The molecular weight excluding hydrogens is 212 g/mol. The zero-order chi connectivity index (χ0) is 10.5. The minimum atomic E-state index is 0.665. The van der Waals surface area contributed by atoms with Crippen molar-refractivity contribution in [1.29, 1.82) is 0 Å². The number of anilines is 2. The van der Waals surface area contributed by atoms with E-state index in [0.717, 1.165) is 17.4 Å². The van der Waals surface area contributed by atoms with E-state index >= 15 is 0 Å². The second-order valence-corrected chi connectivity index (χ2v) is 3.84. The third kappa shape index (κ3) is 2.77. The zero-order valence-corrected chi connectivity index (χ0v) is 9.20. The first-order valence-electron chi connectivity index (χ1n) is 4.56. The maximum absolute atomic E-state index is 4.97. The van der Waals surface area contributed by atoms with Crippen molar-refractivity contribution in [3.05, 3.63) is 24.0 Å². The molecule has 6 heteroatoms. The number of nitrogens with one attached hydrogen (secondary N) is 1. The van der Waals surface area contributed by atoms with Gasteiger partial charge in [0.2, 0.25) is 0 Å². The second-order valence-electron chi connectivity index (χ2n) is 2.95. The molecule has 0 aliphatic carbocycles. The third-order valence-electron chi connectivity index (χ3n) is 1.84. The van der Waals surface area contributed by atoms with Gasteiger partial charge in [-0.05, 0) is 0 Å². The Morgan fingerprint density at radius 2 is 2.53 bits per heavy atom. The maximum atomic E-state index is 4.97. The number of hydrogen-bond donors (Lipinski definition) is 1. The Morgan fingerprint density at radius 1 is 1.60 bits per heavy atom. The van der Waals surface area contributed by atoms with E-state index in [1.54, 1.807) is 30.8 Å². The van der Waals surface area contributed by atoms with Gasteiger partial charge in [-0.1, -0.05) is 0 Å². The van der Waals surface area contributed by atoms with Crippen LogP contribution in [0.5, 0.6) is 0 Å². The van der Waals surface area contributed by atoms with Crippen LogP contribution in [-0.4, -0.2) is 28.5 Å². The fourth-order valence-corrected chi connectivity index (χ4v) is 1.69. The van der Waals surface area contributed by atoms with Gasteiger partial charge in [-0.25, -0.2) is 4.98 Å². The molecule has 0 bridgehead atoms. The Bertz CT molecular complexity index is 398. The molecule has 0 aliphatic rings. The smallest absolute Gasteiger partial charge is 0.187 e. The molecule has 2 rings (SSSR count). The van der Waals surface area contributed by atoms with Crippen molar-refractivity contribution < 1.29 is 4.74 Å². The number of rotatable bonds is 5. The van der Waals surface area contributed by atoms with E-state index in [0.29, 0.717) is 6.61 Å².